The third kappa shape index (κ3) is 4.18. The number of hydrogen-bond donors (Lipinski definition) is 0. The molecule has 1 heterocycles. The molecule has 204 valence electrons. The predicted molar refractivity (Wildman–Crippen MR) is 157 cm³/mol. The van der Waals surface area contributed by atoms with Crippen LogP contribution in [0.25, 0.3) is 65.9 Å². The number of nitrogens with zero attached hydrogens (tertiary/aromatic N) is 6. The van der Waals surface area contributed by atoms with E-state index in [-0.39, 0.29) is 0 Å². The van der Waals surface area contributed by atoms with Crippen molar-refractivity contribution in [3.05, 3.63) is 107 Å². The third-order valence-corrected chi connectivity index (χ3v) is 7.66. The Morgan fingerprint density at radius 3 is 1.58 bits per heavy atom. The van der Waals surface area contributed by atoms with Crippen molar-refractivity contribution >= 4 is 43.6 Å². The van der Waals surface area contributed by atoms with Gasteiger partial charge < -0.3 is 0 Å². The van der Waals surface area contributed by atoms with Gasteiger partial charge in [0.25, 0.3) is 0 Å². The summed E-state index contributed by atoms with van der Waals surface area (Å²) >= 11 is 0. The number of fused-ring (bicyclic) bond motifs is 6. The summed E-state index contributed by atoms with van der Waals surface area (Å²) in [6.45, 7) is 2.02. The van der Waals surface area contributed by atoms with Crippen molar-refractivity contribution < 1.29 is 13.2 Å². The molecule has 0 radical (unpaired) electrons. The van der Waals surface area contributed by atoms with Gasteiger partial charge in [0.15, 0.2) is 0 Å². The average Bonchev–Trinajstić information content (AvgIpc) is 3.47. The summed E-state index contributed by atoms with van der Waals surface area (Å²) < 4.78 is 39.3. The lowest BCUT2D eigenvalue weighted by molar-refractivity contribution is -0.137. The third-order valence-electron chi connectivity index (χ3n) is 7.66. The lowest BCUT2D eigenvalue weighted by atomic mass is 10.0. The topological polar surface area (TPSA) is 98.1 Å². The zero-order chi connectivity index (χ0) is 29.9. The number of alkyl halides is 3. The first-order valence-corrected chi connectivity index (χ1v) is 13.2. The quantitative estimate of drug-likeness (QED) is 0.204. The summed E-state index contributed by atoms with van der Waals surface area (Å²) in [6, 6.07) is 24.2. The molecule has 43 heavy (non-hydrogen) atoms. The number of rotatable bonds is 2. The maximum absolute atomic E-state index is 13.1. The molecule has 0 amide bonds. The van der Waals surface area contributed by atoms with Gasteiger partial charge in [-0.15, -0.1) is 0 Å². The minimum Gasteiger partial charge on any atom is -0.241 e. The Kier molecular flexibility index (Phi) is 5.79. The minimum absolute atomic E-state index is 0.318. The molecule has 7 aromatic rings. The van der Waals surface area contributed by atoms with Gasteiger partial charge in [-0.1, -0.05) is 66.2 Å². The maximum atomic E-state index is 13.1. The molecule has 0 atom stereocenters. The Balaban J connectivity index is 1.50. The van der Waals surface area contributed by atoms with Crippen LogP contribution in [0.2, 0.25) is 0 Å². The van der Waals surface area contributed by atoms with E-state index in [4.69, 9.17) is 9.97 Å². The Morgan fingerprint density at radius 2 is 1.02 bits per heavy atom. The average molecular weight is 567 g/mol. The van der Waals surface area contributed by atoms with Crippen LogP contribution in [0.15, 0.2) is 94.9 Å². The van der Waals surface area contributed by atoms with Gasteiger partial charge in [0.05, 0.1) is 16.6 Å². The maximum Gasteiger partial charge on any atom is 0.416 e. The van der Waals surface area contributed by atoms with Crippen molar-refractivity contribution in [2.75, 3.05) is 0 Å². The molecule has 0 saturated carbocycles. The zero-order valence-corrected chi connectivity index (χ0v) is 22.4. The number of halogens is 3. The van der Waals surface area contributed by atoms with Crippen LogP contribution in [0.4, 0.5) is 13.2 Å². The Hall–Kier alpha value is -5.93. The second kappa shape index (κ2) is 9.57. The van der Waals surface area contributed by atoms with Gasteiger partial charge in [-0.05, 0) is 53.4 Å². The molecule has 0 fully saturated rings. The normalized spacial score (nSPS) is 12.9. The van der Waals surface area contributed by atoms with Crippen LogP contribution in [0.5, 0.6) is 0 Å². The Labute approximate surface area is 241 Å². The van der Waals surface area contributed by atoms with Crippen molar-refractivity contribution in [2.24, 2.45) is 9.98 Å². The number of aromatic nitrogens is 2. The number of aryl methyl sites for hydroxylation is 1. The van der Waals surface area contributed by atoms with E-state index in [1.54, 1.807) is 18.2 Å². The van der Waals surface area contributed by atoms with Gasteiger partial charge in [0, 0.05) is 21.5 Å². The van der Waals surface area contributed by atoms with Crippen LogP contribution >= 0.6 is 0 Å². The molecule has 0 aliphatic carbocycles. The van der Waals surface area contributed by atoms with Crippen molar-refractivity contribution in [3.8, 4) is 34.6 Å². The Morgan fingerprint density at radius 1 is 0.558 bits per heavy atom. The fourth-order valence-corrected chi connectivity index (χ4v) is 5.57. The molecule has 0 saturated heterocycles. The SMILES string of the molecule is Cc1ccc(-c2ccc3c(=NC#N)c4nc5c(nc4c3c2)c(=NC#N)c2cc(-c3ccc(C(F)(F)F)cc3)ccc25)cc1. The smallest absolute Gasteiger partial charge is 0.241 e. The second-order valence-electron chi connectivity index (χ2n) is 10.2. The number of nitriles is 2. The molecule has 0 aliphatic heterocycles. The van der Waals surface area contributed by atoms with Crippen LogP contribution in [0.3, 0.4) is 0 Å². The molecule has 0 spiro atoms. The van der Waals surface area contributed by atoms with E-state index in [1.165, 1.54) is 12.1 Å². The highest BCUT2D eigenvalue weighted by molar-refractivity contribution is 6.15. The van der Waals surface area contributed by atoms with Crippen LogP contribution in [-0.2, 0) is 6.18 Å². The predicted octanol–water partition coefficient (Wildman–Crippen LogP) is 7.39. The van der Waals surface area contributed by atoms with Gasteiger partial charge in [0.2, 0.25) is 12.4 Å². The second-order valence-corrected chi connectivity index (χ2v) is 10.2. The zero-order valence-electron chi connectivity index (χ0n) is 22.4. The molecule has 6 aromatic carbocycles. The monoisotopic (exact) mass is 566 g/mol. The van der Waals surface area contributed by atoms with Crippen LogP contribution in [0.1, 0.15) is 11.1 Å². The van der Waals surface area contributed by atoms with Gasteiger partial charge >= 0.3 is 6.18 Å². The van der Waals surface area contributed by atoms with E-state index in [2.05, 4.69) is 9.98 Å². The highest BCUT2D eigenvalue weighted by atomic mass is 19.4. The van der Waals surface area contributed by atoms with Crippen molar-refractivity contribution in [3.63, 3.8) is 0 Å². The lowest BCUT2D eigenvalue weighted by Crippen LogP contribution is -2.04. The molecule has 0 N–H and O–H groups in total. The van der Waals surface area contributed by atoms with E-state index in [0.29, 0.717) is 54.7 Å². The largest absolute Gasteiger partial charge is 0.416 e. The van der Waals surface area contributed by atoms with E-state index in [1.807, 2.05) is 61.8 Å². The van der Waals surface area contributed by atoms with E-state index in [0.717, 1.165) is 39.6 Å². The molecule has 0 bridgehead atoms. The summed E-state index contributed by atoms with van der Waals surface area (Å²) in [5.74, 6) is 0. The van der Waals surface area contributed by atoms with Crippen LogP contribution < -0.4 is 10.7 Å². The first-order chi connectivity index (χ1) is 20.8. The summed E-state index contributed by atoms with van der Waals surface area (Å²) in [5, 5.41) is 22.5. The van der Waals surface area contributed by atoms with Crippen LogP contribution in [-0.4, -0.2) is 9.97 Å². The lowest BCUT2D eigenvalue weighted by Gasteiger charge is -2.08. The Bertz CT molecular complexity index is 2450. The molecule has 9 heteroatoms. The standard InChI is InChI=1S/C34H17F3N6/c1-18-2-4-19(5-3-18)22-8-12-24-27(15-22)31-32(28(24)40-16-38)42-30-25-13-9-21(14-26(25)29(41-17-39)33(30)43-31)20-6-10-23(11-7-20)34(35,36)37/h2-15H,1H3. The number of hydrogen-bond acceptors (Lipinski definition) is 6. The highest BCUT2D eigenvalue weighted by Gasteiger charge is 2.30. The molecular formula is C34H17F3N6. The van der Waals surface area contributed by atoms with Crippen molar-refractivity contribution in [1.29, 1.82) is 10.5 Å². The van der Waals surface area contributed by atoms with Gasteiger partial charge in [-0.25, -0.2) is 9.97 Å². The summed E-state index contributed by atoms with van der Waals surface area (Å²) in [6.07, 6.45) is -0.699. The first-order valence-electron chi connectivity index (χ1n) is 13.2. The molecule has 6 nitrogen and oxygen atoms in total. The molecular weight excluding hydrogens is 549 g/mol. The van der Waals surface area contributed by atoms with E-state index >= 15 is 0 Å². The van der Waals surface area contributed by atoms with Crippen molar-refractivity contribution in [2.45, 2.75) is 13.1 Å². The van der Waals surface area contributed by atoms with Crippen molar-refractivity contribution in [1.82, 2.24) is 9.97 Å². The summed E-state index contributed by atoms with van der Waals surface area (Å²) in [7, 11) is 0. The van der Waals surface area contributed by atoms with Gasteiger partial charge in [-0.2, -0.15) is 33.7 Å². The minimum atomic E-state index is -4.43. The molecule has 7 rings (SSSR count). The molecule has 1 aromatic heterocycles. The summed E-state index contributed by atoms with van der Waals surface area (Å²) in [5.41, 5.74) is 5.48. The van der Waals surface area contributed by atoms with E-state index < -0.39 is 11.7 Å². The first kappa shape index (κ1) is 26.0. The molecule has 0 unspecified atom stereocenters. The summed E-state index contributed by atoms with van der Waals surface area (Å²) in [4.78, 5) is 18.0. The molecule has 0 aliphatic rings. The fourth-order valence-electron chi connectivity index (χ4n) is 5.57. The fraction of sp³-hybridized carbons (Fsp3) is 0.0588. The van der Waals surface area contributed by atoms with E-state index in [9.17, 15) is 23.7 Å². The highest BCUT2D eigenvalue weighted by Crippen LogP contribution is 2.34. The van der Waals surface area contributed by atoms with Gasteiger partial charge in [-0.3, -0.25) is 0 Å². The van der Waals surface area contributed by atoms with Gasteiger partial charge in [0.1, 0.15) is 21.7 Å². The van der Waals surface area contributed by atoms with Crippen LogP contribution in [0, 0.1) is 29.8 Å². The number of benzene rings is 4.